The van der Waals surface area contributed by atoms with Crippen LogP contribution in [0.2, 0.25) is 0 Å². The van der Waals surface area contributed by atoms with Gasteiger partial charge in [0.1, 0.15) is 16.8 Å². The maximum Gasteiger partial charge on any atom is 0.332 e. The molecule has 0 saturated carbocycles. The van der Waals surface area contributed by atoms with Crippen molar-refractivity contribution in [2.45, 2.75) is 36.7 Å². The molecule has 0 aliphatic carbocycles. The lowest BCUT2D eigenvalue weighted by atomic mass is 10.2. The summed E-state index contributed by atoms with van der Waals surface area (Å²) in [5.74, 6) is -1.64. The minimum Gasteiger partial charge on any atom is -0.464 e. The number of hydrogen-bond acceptors (Lipinski definition) is 7. The van der Waals surface area contributed by atoms with Gasteiger partial charge in [-0.05, 0) is 31.4 Å². The maximum atomic E-state index is 14.1. The molecule has 34 heavy (non-hydrogen) atoms. The van der Waals surface area contributed by atoms with E-state index in [2.05, 4.69) is 4.98 Å². The molecule has 1 aliphatic heterocycles. The van der Waals surface area contributed by atoms with E-state index in [1.54, 1.807) is 7.05 Å². The number of sulfonamides is 1. The lowest BCUT2D eigenvalue weighted by Crippen LogP contribution is -2.42. The van der Waals surface area contributed by atoms with Crippen LogP contribution in [0.5, 0.6) is 0 Å². The fraction of sp³-hybridized carbons (Fsp3) is 0.429. The third kappa shape index (κ3) is 4.05. The molecule has 0 N–H and O–H groups in total. The number of fused-ring (bicyclic) bond motifs is 1. The van der Waals surface area contributed by atoms with Crippen molar-refractivity contribution in [3.63, 3.8) is 0 Å². The quantitative estimate of drug-likeness (QED) is 0.344. The van der Waals surface area contributed by atoms with Crippen molar-refractivity contribution in [2.24, 2.45) is 14.1 Å². The molecule has 1 aromatic carbocycles. The summed E-state index contributed by atoms with van der Waals surface area (Å²) >= 11 is 0. The molecule has 1 atom stereocenters. The fourth-order valence-corrected chi connectivity index (χ4v) is 5.84. The topological polar surface area (TPSA) is 126 Å². The fourth-order valence-electron chi connectivity index (χ4n) is 4.13. The van der Waals surface area contributed by atoms with Crippen molar-refractivity contribution >= 4 is 27.2 Å². The summed E-state index contributed by atoms with van der Waals surface area (Å²) in [5, 5.41) is 0. The molecule has 1 aliphatic rings. The van der Waals surface area contributed by atoms with Gasteiger partial charge in [-0.3, -0.25) is 18.7 Å². The second-order valence-electron chi connectivity index (χ2n) is 8.05. The third-order valence-corrected chi connectivity index (χ3v) is 7.81. The van der Waals surface area contributed by atoms with Gasteiger partial charge in [0.15, 0.2) is 11.2 Å². The highest BCUT2D eigenvalue weighted by molar-refractivity contribution is 7.89. The van der Waals surface area contributed by atoms with Gasteiger partial charge in [-0.25, -0.2) is 22.6 Å². The average molecular weight is 494 g/mol. The van der Waals surface area contributed by atoms with Crippen LogP contribution in [0.1, 0.15) is 19.3 Å². The summed E-state index contributed by atoms with van der Waals surface area (Å²) in [5.41, 5.74) is -0.487. The molecule has 182 valence electrons. The molecule has 0 radical (unpaired) electrons. The van der Waals surface area contributed by atoms with Crippen LogP contribution in [0.15, 0.2) is 45.1 Å². The number of aryl methyl sites for hydroxylation is 2. The Morgan fingerprint density at radius 3 is 2.71 bits per heavy atom. The van der Waals surface area contributed by atoms with Crippen molar-refractivity contribution in [1.29, 1.82) is 0 Å². The number of imidazole rings is 1. The average Bonchev–Trinajstić information content (AvgIpc) is 3.45. The minimum atomic E-state index is -4.21. The lowest BCUT2D eigenvalue weighted by molar-refractivity contribution is -0.147. The molecule has 1 fully saturated rings. The van der Waals surface area contributed by atoms with E-state index in [4.69, 9.17) is 4.74 Å². The molecule has 0 amide bonds. The van der Waals surface area contributed by atoms with Crippen LogP contribution >= 0.6 is 0 Å². The molecule has 4 rings (SSSR count). The summed E-state index contributed by atoms with van der Waals surface area (Å²) in [6, 6.07) is 3.93. The smallest absolute Gasteiger partial charge is 0.332 e. The Morgan fingerprint density at radius 1 is 1.24 bits per heavy atom. The van der Waals surface area contributed by atoms with Gasteiger partial charge in [0.25, 0.3) is 5.56 Å². The number of carbonyl (C=O) groups excluding carboxylic acids is 1. The second-order valence-corrected chi connectivity index (χ2v) is 9.91. The van der Waals surface area contributed by atoms with E-state index >= 15 is 0 Å². The van der Waals surface area contributed by atoms with Crippen molar-refractivity contribution < 1.29 is 22.3 Å². The first-order chi connectivity index (χ1) is 16.1. The summed E-state index contributed by atoms with van der Waals surface area (Å²) in [7, 11) is -1.05. The highest BCUT2D eigenvalue weighted by Gasteiger charge is 2.41. The molecule has 0 unspecified atom stereocenters. The summed E-state index contributed by atoms with van der Waals surface area (Å²) < 4.78 is 50.0. The highest BCUT2D eigenvalue weighted by atomic mass is 32.2. The summed E-state index contributed by atoms with van der Waals surface area (Å²) in [6.07, 6.45) is 2.30. The largest absolute Gasteiger partial charge is 0.464 e. The number of halogens is 1. The van der Waals surface area contributed by atoms with Gasteiger partial charge >= 0.3 is 11.7 Å². The van der Waals surface area contributed by atoms with E-state index in [-0.39, 0.29) is 43.7 Å². The van der Waals surface area contributed by atoms with Crippen molar-refractivity contribution in [2.75, 3.05) is 13.2 Å². The Labute approximate surface area is 194 Å². The van der Waals surface area contributed by atoms with Crippen LogP contribution in [0.3, 0.4) is 0 Å². The lowest BCUT2D eigenvalue weighted by Gasteiger charge is -2.23. The molecule has 2 aromatic heterocycles. The van der Waals surface area contributed by atoms with Gasteiger partial charge < -0.3 is 9.30 Å². The Hall–Kier alpha value is -3.32. The van der Waals surface area contributed by atoms with Crippen LogP contribution < -0.4 is 11.2 Å². The number of benzene rings is 1. The zero-order chi connectivity index (χ0) is 24.6. The molecule has 3 heterocycles. The number of esters is 1. The predicted molar refractivity (Wildman–Crippen MR) is 119 cm³/mol. The van der Waals surface area contributed by atoms with Crippen LogP contribution in [-0.4, -0.2) is 56.6 Å². The monoisotopic (exact) mass is 493 g/mol. The third-order valence-electron chi connectivity index (χ3n) is 5.87. The van der Waals surface area contributed by atoms with Gasteiger partial charge in [-0.15, -0.1) is 0 Å². The second kappa shape index (κ2) is 9.14. The van der Waals surface area contributed by atoms with Gasteiger partial charge in [0.2, 0.25) is 10.0 Å². The molecule has 0 bridgehead atoms. The number of carbonyl (C=O) groups is 1. The molecule has 1 saturated heterocycles. The predicted octanol–water partition coefficient (Wildman–Crippen LogP) is 0.359. The first kappa shape index (κ1) is 23.8. The van der Waals surface area contributed by atoms with E-state index in [0.29, 0.717) is 6.42 Å². The number of hydrogen-bond donors (Lipinski definition) is 0. The van der Waals surface area contributed by atoms with Crippen LogP contribution in [0.4, 0.5) is 4.39 Å². The van der Waals surface area contributed by atoms with Gasteiger partial charge in [0.05, 0.1) is 12.9 Å². The molecule has 11 nitrogen and oxygen atoms in total. The number of aromatic nitrogens is 4. The molecule has 13 heteroatoms. The van der Waals surface area contributed by atoms with Crippen molar-refractivity contribution in [3.05, 3.63) is 57.2 Å². The van der Waals surface area contributed by atoms with E-state index in [1.807, 2.05) is 0 Å². The number of ether oxygens (including phenoxy) is 1. The Bertz CT molecular complexity index is 1480. The van der Waals surface area contributed by atoms with Crippen molar-refractivity contribution in [3.8, 4) is 0 Å². The Kier molecular flexibility index (Phi) is 6.41. The van der Waals surface area contributed by atoms with Gasteiger partial charge in [-0.1, -0.05) is 12.1 Å². The molecular formula is C21H24FN5O6S. The van der Waals surface area contributed by atoms with Gasteiger partial charge in [-0.2, -0.15) is 4.31 Å². The minimum absolute atomic E-state index is 0.00180. The van der Waals surface area contributed by atoms with Crippen LogP contribution in [0, 0.1) is 5.82 Å². The van der Waals surface area contributed by atoms with E-state index in [0.717, 1.165) is 21.0 Å². The van der Waals surface area contributed by atoms with E-state index in [1.165, 1.54) is 34.6 Å². The number of rotatable bonds is 7. The standard InChI is InChI=1S/C21H24FN5O6S/c1-24-13-23-18-17(24)19(28)26(21(30)25(18)2)10-6-12-33-20(29)15-8-5-11-27(15)34(31,32)16-9-4-3-7-14(16)22/h3-4,7,9,13,15H,5-6,8,10-12H2,1-2H3/t15-/m1/s1. The highest BCUT2D eigenvalue weighted by Crippen LogP contribution is 2.28. The van der Waals surface area contributed by atoms with Crippen LogP contribution in [-0.2, 0) is 40.2 Å². The van der Waals surface area contributed by atoms with Crippen molar-refractivity contribution in [1.82, 2.24) is 23.0 Å². The molecular weight excluding hydrogens is 469 g/mol. The first-order valence-corrected chi connectivity index (χ1v) is 12.1. The zero-order valence-corrected chi connectivity index (χ0v) is 19.5. The SMILES string of the molecule is Cn1cnc2c1c(=O)n(CCCOC(=O)[C@H]1CCCN1S(=O)(=O)c1ccccc1F)c(=O)n2C. The zero-order valence-electron chi connectivity index (χ0n) is 18.7. The number of nitrogens with zero attached hydrogens (tertiary/aromatic N) is 5. The van der Waals surface area contributed by atoms with E-state index in [9.17, 15) is 27.2 Å². The Balaban J connectivity index is 1.43. The van der Waals surface area contributed by atoms with Gasteiger partial charge in [0, 0.05) is 27.2 Å². The maximum absolute atomic E-state index is 14.1. The molecule has 0 spiro atoms. The normalized spacial score (nSPS) is 16.9. The van der Waals surface area contributed by atoms with E-state index < -0.39 is 44.0 Å². The summed E-state index contributed by atoms with van der Waals surface area (Å²) in [6.45, 7) is -0.0453. The Morgan fingerprint density at radius 2 is 1.97 bits per heavy atom. The summed E-state index contributed by atoms with van der Waals surface area (Å²) in [4.78, 5) is 41.5. The first-order valence-electron chi connectivity index (χ1n) is 10.7. The molecule has 3 aromatic rings. The van der Waals surface area contributed by atoms with Crippen LogP contribution in [0.25, 0.3) is 11.2 Å².